The van der Waals surface area contributed by atoms with E-state index in [0.717, 1.165) is 12.1 Å². The number of benzene rings is 2. The summed E-state index contributed by atoms with van der Waals surface area (Å²) in [6.07, 6.45) is 0. The lowest BCUT2D eigenvalue weighted by Gasteiger charge is -2.18. The average Bonchev–Trinajstić information content (AvgIpc) is 2.55. The van der Waals surface area contributed by atoms with Crippen LogP contribution in [0, 0.1) is 0 Å². The van der Waals surface area contributed by atoms with Crippen molar-refractivity contribution in [1.82, 2.24) is 9.21 Å². The molecule has 0 unspecified atom stereocenters. The van der Waals surface area contributed by atoms with Gasteiger partial charge in [-0.1, -0.05) is 50.2 Å². The van der Waals surface area contributed by atoms with Crippen molar-refractivity contribution in [3.05, 3.63) is 65.2 Å². The second-order valence-corrected chi connectivity index (χ2v) is 9.16. The van der Waals surface area contributed by atoms with Gasteiger partial charge >= 0.3 is 0 Å². The Morgan fingerprint density at radius 3 is 2.04 bits per heavy atom. The van der Waals surface area contributed by atoms with Crippen molar-refractivity contribution in [2.45, 2.75) is 37.8 Å². The topological polar surface area (TPSA) is 40.6 Å². The van der Waals surface area contributed by atoms with E-state index >= 15 is 0 Å². The van der Waals surface area contributed by atoms with Crippen molar-refractivity contribution < 1.29 is 8.42 Å². The van der Waals surface area contributed by atoms with Crippen molar-refractivity contribution in [3.8, 4) is 0 Å². The van der Waals surface area contributed by atoms with Gasteiger partial charge in [-0.25, -0.2) is 12.7 Å². The highest BCUT2D eigenvalue weighted by molar-refractivity contribution is 7.89. The molecule has 0 fully saturated rings. The molecule has 4 nitrogen and oxygen atoms in total. The van der Waals surface area contributed by atoms with Gasteiger partial charge in [0.1, 0.15) is 0 Å². The molecule has 0 saturated heterocycles. The summed E-state index contributed by atoms with van der Waals surface area (Å²) in [6.45, 7) is 5.90. The smallest absolute Gasteiger partial charge is 0.242 e. The molecule has 0 aliphatic rings. The summed E-state index contributed by atoms with van der Waals surface area (Å²) in [5, 5.41) is 0. The number of hydrogen-bond acceptors (Lipinski definition) is 3. The van der Waals surface area contributed by atoms with Crippen molar-refractivity contribution in [1.29, 1.82) is 0 Å². The Bertz CT molecular complexity index is 797. The second-order valence-electron chi connectivity index (χ2n) is 7.00. The van der Waals surface area contributed by atoms with Crippen LogP contribution in [0.25, 0.3) is 0 Å². The number of hydrogen-bond donors (Lipinski definition) is 0. The lowest BCUT2D eigenvalue weighted by atomic mass is 10.0. The first-order valence-corrected chi connectivity index (χ1v) is 9.93. The number of sulfonamides is 1. The van der Waals surface area contributed by atoms with E-state index in [0.29, 0.717) is 17.4 Å². The van der Waals surface area contributed by atoms with Gasteiger partial charge in [0.15, 0.2) is 0 Å². The standard InChI is InChI=1S/C20H28N2O2S/c1-16(2)19-11-9-17(10-12-19)14-22(5)15-18-7-6-8-20(13-18)25(23,24)21(3)4/h6-13,16H,14-15H2,1-5H3. The van der Waals surface area contributed by atoms with Gasteiger partial charge in [0.05, 0.1) is 4.90 Å². The fourth-order valence-electron chi connectivity index (χ4n) is 2.70. The monoisotopic (exact) mass is 360 g/mol. The molecule has 2 aromatic rings. The van der Waals surface area contributed by atoms with Crippen LogP contribution in [0.2, 0.25) is 0 Å². The third-order valence-corrected chi connectivity index (χ3v) is 6.04. The van der Waals surface area contributed by atoms with Crippen molar-refractivity contribution in [3.63, 3.8) is 0 Å². The zero-order valence-electron chi connectivity index (χ0n) is 15.7. The molecule has 0 saturated carbocycles. The first kappa shape index (κ1) is 19.6. The van der Waals surface area contributed by atoms with Crippen LogP contribution in [-0.4, -0.2) is 38.8 Å². The van der Waals surface area contributed by atoms with E-state index in [1.807, 2.05) is 13.1 Å². The van der Waals surface area contributed by atoms with Crippen LogP contribution in [0.15, 0.2) is 53.4 Å². The molecule has 0 aromatic heterocycles. The van der Waals surface area contributed by atoms with E-state index in [-0.39, 0.29) is 0 Å². The highest BCUT2D eigenvalue weighted by atomic mass is 32.2. The van der Waals surface area contributed by atoms with Gasteiger partial charge in [-0.05, 0) is 41.8 Å². The fourth-order valence-corrected chi connectivity index (χ4v) is 3.67. The van der Waals surface area contributed by atoms with Gasteiger partial charge in [0, 0.05) is 27.2 Å². The minimum absolute atomic E-state index is 0.338. The van der Waals surface area contributed by atoms with Gasteiger partial charge < -0.3 is 0 Å². The molecule has 5 heteroatoms. The normalized spacial score (nSPS) is 12.3. The maximum Gasteiger partial charge on any atom is 0.242 e. The van der Waals surface area contributed by atoms with Crippen LogP contribution >= 0.6 is 0 Å². The molecule has 2 aromatic carbocycles. The largest absolute Gasteiger partial charge is 0.298 e. The highest BCUT2D eigenvalue weighted by Crippen LogP contribution is 2.18. The predicted octanol–water partition coefficient (Wildman–Crippen LogP) is 3.69. The van der Waals surface area contributed by atoms with Crippen LogP contribution in [0.3, 0.4) is 0 Å². The molecule has 0 aliphatic carbocycles. The quantitative estimate of drug-likeness (QED) is 0.756. The third kappa shape index (κ3) is 5.14. The Hall–Kier alpha value is -1.69. The molecule has 0 atom stereocenters. The lowest BCUT2D eigenvalue weighted by Crippen LogP contribution is -2.22. The maximum atomic E-state index is 12.3. The van der Waals surface area contributed by atoms with E-state index < -0.39 is 10.0 Å². The third-order valence-electron chi connectivity index (χ3n) is 4.23. The lowest BCUT2D eigenvalue weighted by molar-refractivity contribution is 0.319. The van der Waals surface area contributed by atoms with Crippen LogP contribution in [0.4, 0.5) is 0 Å². The molecule has 2 rings (SSSR count). The summed E-state index contributed by atoms with van der Waals surface area (Å²) in [5.74, 6) is 0.535. The summed E-state index contributed by atoms with van der Waals surface area (Å²) in [4.78, 5) is 2.52. The predicted molar refractivity (Wildman–Crippen MR) is 103 cm³/mol. The van der Waals surface area contributed by atoms with Crippen LogP contribution in [0.5, 0.6) is 0 Å². The Kier molecular flexibility index (Phi) is 6.38. The molecule has 0 heterocycles. The SMILES string of the molecule is CC(C)c1ccc(CN(C)Cc2cccc(S(=O)(=O)N(C)C)c2)cc1. The highest BCUT2D eigenvalue weighted by Gasteiger charge is 2.17. The van der Waals surface area contributed by atoms with Crippen molar-refractivity contribution in [2.24, 2.45) is 0 Å². The average molecular weight is 361 g/mol. The van der Waals surface area contributed by atoms with E-state index in [2.05, 4.69) is 43.0 Å². The first-order valence-electron chi connectivity index (χ1n) is 8.49. The zero-order valence-corrected chi connectivity index (χ0v) is 16.5. The second kappa shape index (κ2) is 8.13. The molecular weight excluding hydrogens is 332 g/mol. The van der Waals surface area contributed by atoms with Crippen molar-refractivity contribution in [2.75, 3.05) is 21.1 Å². The van der Waals surface area contributed by atoms with E-state index in [1.54, 1.807) is 32.3 Å². The molecular formula is C20H28N2O2S. The summed E-state index contributed by atoms with van der Waals surface area (Å²) in [5.41, 5.74) is 3.58. The molecule has 0 aliphatic heterocycles. The Labute approximate surface area is 152 Å². The van der Waals surface area contributed by atoms with Gasteiger partial charge in [0.2, 0.25) is 10.0 Å². The summed E-state index contributed by atoms with van der Waals surface area (Å²) >= 11 is 0. The van der Waals surface area contributed by atoms with Gasteiger partial charge in [-0.3, -0.25) is 4.90 Å². The molecule has 0 spiro atoms. The van der Waals surface area contributed by atoms with Crippen LogP contribution in [0.1, 0.15) is 36.5 Å². The van der Waals surface area contributed by atoms with E-state index in [1.165, 1.54) is 15.4 Å². The van der Waals surface area contributed by atoms with Crippen LogP contribution < -0.4 is 0 Å². The molecule has 0 bridgehead atoms. The molecule has 0 amide bonds. The molecule has 136 valence electrons. The van der Waals surface area contributed by atoms with Gasteiger partial charge in [-0.2, -0.15) is 0 Å². The van der Waals surface area contributed by atoms with Crippen LogP contribution in [-0.2, 0) is 23.1 Å². The minimum Gasteiger partial charge on any atom is -0.298 e. The Morgan fingerprint density at radius 2 is 1.48 bits per heavy atom. The van der Waals surface area contributed by atoms with Crippen molar-refractivity contribution >= 4 is 10.0 Å². The zero-order chi connectivity index (χ0) is 18.6. The summed E-state index contributed by atoms with van der Waals surface area (Å²) < 4.78 is 25.8. The maximum absolute atomic E-state index is 12.3. The van der Waals surface area contributed by atoms with E-state index in [4.69, 9.17) is 0 Å². The molecule has 0 N–H and O–H groups in total. The molecule has 0 radical (unpaired) electrons. The molecule has 25 heavy (non-hydrogen) atoms. The van der Waals surface area contributed by atoms with Gasteiger partial charge in [0.25, 0.3) is 0 Å². The number of rotatable bonds is 7. The Balaban J connectivity index is 2.07. The van der Waals surface area contributed by atoms with E-state index in [9.17, 15) is 8.42 Å². The fraction of sp³-hybridized carbons (Fsp3) is 0.400. The summed E-state index contributed by atoms with van der Waals surface area (Å²) in [6, 6.07) is 15.9. The Morgan fingerprint density at radius 1 is 0.880 bits per heavy atom. The number of nitrogens with zero attached hydrogens (tertiary/aromatic N) is 2. The summed E-state index contributed by atoms with van der Waals surface area (Å²) in [7, 11) is 1.75. The first-order chi connectivity index (χ1) is 11.7. The minimum atomic E-state index is -3.39. The van der Waals surface area contributed by atoms with Gasteiger partial charge in [-0.15, -0.1) is 0 Å².